The Hall–Kier alpha value is -3.06. The first-order valence-corrected chi connectivity index (χ1v) is 8.51. The second-order valence-corrected chi connectivity index (χ2v) is 6.52. The zero-order valence-electron chi connectivity index (χ0n) is 13.9. The van der Waals surface area contributed by atoms with E-state index in [9.17, 15) is 14.7 Å². The number of carbonyl (C=O) groups is 1. The lowest BCUT2D eigenvalue weighted by Gasteiger charge is -2.37. The summed E-state index contributed by atoms with van der Waals surface area (Å²) in [5.74, 6) is -0.475. The standard InChI is InChI=1S/C19H18N4O3/c24-12-9-11(10-12)16(15-7-3-4-8-20-15)23-19(26)17-18(25)22-14-6-2-1-5-13(14)21-17/h1-8,11-12,16,24H,9-10H2,(H,22,25)(H,23,26)/t11?,12?,16-/m0/s1. The van der Waals surface area contributed by atoms with Crippen LogP contribution in [0.1, 0.15) is 35.1 Å². The summed E-state index contributed by atoms with van der Waals surface area (Å²) in [6, 6.07) is 12.2. The molecule has 26 heavy (non-hydrogen) atoms. The minimum atomic E-state index is -0.547. The highest BCUT2D eigenvalue weighted by atomic mass is 16.3. The van der Waals surface area contributed by atoms with Crippen LogP contribution in [0.4, 0.5) is 0 Å². The highest BCUT2D eigenvalue weighted by Crippen LogP contribution is 2.37. The van der Waals surface area contributed by atoms with E-state index in [1.807, 2.05) is 12.1 Å². The molecule has 3 N–H and O–H groups in total. The molecular formula is C19H18N4O3. The van der Waals surface area contributed by atoms with E-state index in [0.29, 0.717) is 29.6 Å². The van der Waals surface area contributed by atoms with Gasteiger partial charge in [0.05, 0.1) is 28.9 Å². The Bertz CT molecular complexity index is 996. The average molecular weight is 350 g/mol. The Morgan fingerprint density at radius 3 is 2.69 bits per heavy atom. The maximum absolute atomic E-state index is 12.7. The van der Waals surface area contributed by atoms with Crippen molar-refractivity contribution < 1.29 is 9.90 Å². The van der Waals surface area contributed by atoms with Gasteiger partial charge in [-0.25, -0.2) is 4.98 Å². The Kier molecular flexibility index (Phi) is 4.22. The van der Waals surface area contributed by atoms with Crippen LogP contribution in [0.25, 0.3) is 11.0 Å². The maximum atomic E-state index is 12.7. The van der Waals surface area contributed by atoms with Crippen molar-refractivity contribution in [1.82, 2.24) is 20.3 Å². The van der Waals surface area contributed by atoms with Gasteiger partial charge in [-0.1, -0.05) is 18.2 Å². The second kappa shape index (κ2) is 6.68. The highest BCUT2D eigenvalue weighted by molar-refractivity contribution is 5.93. The van der Waals surface area contributed by atoms with Crippen LogP contribution in [0.3, 0.4) is 0 Å². The smallest absolute Gasteiger partial charge is 0.280 e. The summed E-state index contributed by atoms with van der Waals surface area (Å²) in [5.41, 5.74) is 1.12. The molecule has 3 aromatic rings. The predicted octanol–water partition coefficient (Wildman–Crippen LogP) is 1.56. The molecule has 0 unspecified atom stereocenters. The van der Waals surface area contributed by atoms with Gasteiger partial charge in [0.25, 0.3) is 11.5 Å². The number of nitrogens with one attached hydrogen (secondary N) is 2. The number of nitrogens with zero attached hydrogens (tertiary/aromatic N) is 2. The van der Waals surface area contributed by atoms with Gasteiger partial charge in [0.15, 0.2) is 5.69 Å². The number of aliphatic hydroxyl groups is 1. The topological polar surface area (TPSA) is 108 Å². The lowest BCUT2D eigenvalue weighted by molar-refractivity contribution is 0.0227. The molecule has 1 atom stereocenters. The number of hydrogen-bond acceptors (Lipinski definition) is 5. The van der Waals surface area contributed by atoms with E-state index in [-0.39, 0.29) is 23.8 Å². The second-order valence-electron chi connectivity index (χ2n) is 6.52. The Morgan fingerprint density at radius 1 is 1.19 bits per heavy atom. The van der Waals surface area contributed by atoms with E-state index in [2.05, 4.69) is 20.3 Å². The summed E-state index contributed by atoms with van der Waals surface area (Å²) in [6.45, 7) is 0. The molecular weight excluding hydrogens is 332 g/mol. The summed E-state index contributed by atoms with van der Waals surface area (Å²) in [5, 5.41) is 12.5. The minimum Gasteiger partial charge on any atom is -0.393 e. The van der Waals surface area contributed by atoms with Crippen molar-refractivity contribution in [3.05, 3.63) is 70.4 Å². The number of fused-ring (bicyclic) bond motifs is 1. The van der Waals surface area contributed by atoms with Crippen LogP contribution in [0.2, 0.25) is 0 Å². The molecule has 1 aliphatic rings. The molecule has 132 valence electrons. The molecule has 0 spiro atoms. The third-order valence-corrected chi connectivity index (χ3v) is 4.73. The number of H-pyrrole nitrogens is 1. The number of para-hydroxylation sites is 2. The Balaban J connectivity index is 1.64. The number of aromatic amines is 1. The van der Waals surface area contributed by atoms with Crippen LogP contribution in [0.5, 0.6) is 0 Å². The van der Waals surface area contributed by atoms with Gasteiger partial charge in [-0.15, -0.1) is 0 Å². The van der Waals surface area contributed by atoms with E-state index < -0.39 is 11.5 Å². The molecule has 1 aliphatic carbocycles. The Labute approximate surface area is 149 Å². The van der Waals surface area contributed by atoms with E-state index >= 15 is 0 Å². The first-order chi connectivity index (χ1) is 12.6. The molecule has 0 aliphatic heterocycles. The fourth-order valence-corrected chi connectivity index (χ4v) is 3.29. The molecule has 0 saturated heterocycles. The summed E-state index contributed by atoms with van der Waals surface area (Å²) in [6.07, 6.45) is 2.47. The number of benzene rings is 1. The van der Waals surface area contributed by atoms with E-state index in [1.165, 1.54) is 0 Å². The van der Waals surface area contributed by atoms with Crippen molar-refractivity contribution in [3.8, 4) is 0 Å². The molecule has 2 heterocycles. The zero-order valence-corrected chi connectivity index (χ0v) is 13.9. The predicted molar refractivity (Wildman–Crippen MR) is 95.5 cm³/mol. The van der Waals surface area contributed by atoms with Gasteiger partial charge >= 0.3 is 0 Å². The van der Waals surface area contributed by atoms with Crippen LogP contribution in [-0.2, 0) is 0 Å². The molecule has 1 amide bonds. The Morgan fingerprint density at radius 2 is 1.96 bits per heavy atom. The van der Waals surface area contributed by atoms with Crippen molar-refractivity contribution >= 4 is 16.9 Å². The minimum absolute atomic E-state index is 0.0726. The summed E-state index contributed by atoms with van der Waals surface area (Å²) in [7, 11) is 0. The fourth-order valence-electron chi connectivity index (χ4n) is 3.29. The third kappa shape index (κ3) is 3.09. The van der Waals surface area contributed by atoms with E-state index in [1.54, 1.807) is 36.5 Å². The monoisotopic (exact) mass is 350 g/mol. The largest absolute Gasteiger partial charge is 0.393 e. The maximum Gasteiger partial charge on any atom is 0.280 e. The number of aliphatic hydroxyl groups excluding tert-OH is 1. The molecule has 0 radical (unpaired) electrons. The summed E-state index contributed by atoms with van der Waals surface area (Å²) < 4.78 is 0. The van der Waals surface area contributed by atoms with Crippen molar-refractivity contribution in [2.45, 2.75) is 25.0 Å². The molecule has 7 heteroatoms. The number of carbonyl (C=O) groups excluding carboxylic acids is 1. The third-order valence-electron chi connectivity index (χ3n) is 4.73. The van der Waals surface area contributed by atoms with Gasteiger partial charge in [0, 0.05) is 6.20 Å². The van der Waals surface area contributed by atoms with Crippen molar-refractivity contribution in [2.75, 3.05) is 0 Å². The van der Waals surface area contributed by atoms with Gasteiger partial charge in [-0.05, 0) is 43.0 Å². The van der Waals surface area contributed by atoms with Crippen LogP contribution in [-0.4, -0.2) is 32.1 Å². The lowest BCUT2D eigenvalue weighted by atomic mass is 9.76. The van der Waals surface area contributed by atoms with Gasteiger partial charge in [-0.2, -0.15) is 0 Å². The van der Waals surface area contributed by atoms with Gasteiger partial charge in [0.2, 0.25) is 0 Å². The molecule has 1 fully saturated rings. The molecule has 0 bridgehead atoms. The first kappa shape index (κ1) is 16.4. The van der Waals surface area contributed by atoms with Gasteiger partial charge in [-0.3, -0.25) is 14.6 Å². The normalized spacial score (nSPS) is 20.3. The van der Waals surface area contributed by atoms with Crippen LogP contribution < -0.4 is 10.9 Å². The average Bonchev–Trinajstić information content (AvgIpc) is 2.64. The lowest BCUT2D eigenvalue weighted by Crippen LogP contribution is -2.43. The number of amides is 1. The van der Waals surface area contributed by atoms with E-state index in [0.717, 1.165) is 0 Å². The van der Waals surface area contributed by atoms with Crippen molar-refractivity contribution in [1.29, 1.82) is 0 Å². The van der Waals surface area contributed by atoms with Crippen LogP contribution >= 0.6 is 0 Å². The quantitative estimate of drug-likeness (QED) is 0.662. The van der Waals surface area contributed by atoms with Crippen LogP contribution in [0.15, 0.2) is 53.5 Å². The van der Waals surface area contributed by atoms with Gasteiger partial charge < -0.3 is 15.4 Å². The summed E-state index contributed by atoms with van der Waals surface area (Å²) in [4.78, 5) is 36.2. The molecule has 1 aromatic carbocycles. The summed E-state index contributed by atoms with van der Waals surface area (Å²) >= 11 is 0. The molecule has 1 saturated carbocycles. The number of pyridine rings is 1. The van der Waals surface area contributed by atoms with E-state index in [4.69, 9.17) is 0 Å². The number of aromatic nitrogens is 3. The SMILES string of the molecule is O=C(N[C@H](c1ccccn1)C1CC(O)C1)c1nc2ccccc2[nH]c1=O. The first-order valence-electron chi connectivity index (χ1n) is 8.51. The molecule has 4 rings (SSSR count). The number of rotatable bonds is 4. The van der Waals surface area contributed by atoms with Gasteiger partial charge in [0.1, 0.15) is 0 Å². The number of hydrogen-bond donors (Lipinski definition) is 3. The highest BCUT2D eigenvalue weighted by Gasteiger charge is 2.36. The molecule has 2 aromatic heterocycles. The van der Waals surface area contributed by atoms with Crippen molar-refractivity contribution in [2.24, 2.45) is 5.92 Å². The van der Waals surface area contributed by atoms with Crippen LogP contribution in [0, 0.1) is 5.92 Å². The van der Waals surface area contributed by atoms with Crippen molar-refractivity contribution in [3.63, 3.8) is 0 Å². The fraction of sp³-hybridized carbons (Fsp3) is 0.263. The molecule has 7 nitrogen and oxygen atoms in total. The zero-order chi connectivity index (χ0) is 18.1.